The van der Waals surface area contributed by atoms with Gasteiger partial charge in [-0.25, -0.2) is 9.18 Å². The van der Waals surface area contributed by atoms with Crippen molar-refractivity contribution in [3.05, 3.63) is 82.3 Å². The number of nitrogens with zero attached hydrogens (tertiary/aromatic N) is 1. The highest BCUT2D eigenvalue weighted by molar-refractivity contribution is 6.23. The van der Waals surface area contributed by atoms with Crippen LogP contribution in [-0.4, -0.2) is 25.0 Å². The van der Waals surface area contributed by atoms with Crippen LogP contribution in [-0.2, 0) is 14.3 Å². The fraction of sp³-hybridized carbons (Fsp3) is 0.0952. The number of esters is 1. The van der Waals surface area contributed by atoms with Crippen molar-refractivity contribution in [3.8, 4) is 0 Å². The monoisotopic (exact) mass is 380 g/mol. The lowest BCUT2D eigenvalue weighted by Crippen LogP contribution is -2.25. The van der Waals surface area contributed by atoms with E-state index >= 15 is 0 Å². The summed E-state index contributed by atoms with van der Waals surface area (Å²) >= 11 is 0. The molecule has 6 nitrogen and oxygen atoms in total. The molecule has 1 aliphatic heterocycles. The van der Waals surface area contributed by atoms with Gasteiger partial charge in [-0.05, 0) is 36.3 Å². The van der Waals surface area contributed by atoms with Gasteiger partial charge in [0.2, 0.25) is 0 Å². The average Bonchev–Trinajstić information content (AvgIpc) is 2.92. The van der Waals surface area contributed by atoms with E-state index in [1.165, 1.54) is 62.6 Å². The molecule has 28 heavy (non-hydrogen) atoms. The maximum Gasteiger partial charge on any atom is 0.340 e. The molecule has 2 aromatic rings. The molecule has 2 aromatic carbocycles. The van der Waals surface area contributed by atoms with Gasteiger partial charge in [-0.2, -0.15) is 0 Å². The minimum Gasteiger partial charge on any atom is -0.545 e. The molecule has 3 rings (SSSR count). The minimum atomic E-state index is -1.33. The van der Waals surface area contributed by atoms with E-state index in [4.69, 9.17) is 4.74 Å². The summed E-state index contributed by atoms with van der Waals surface area (Å²) in [6.07, 6.45) is 1.43. The fourth-order valence-corrected chi connectivity index (χ4v) is 2.99. The van der Waals surface area contributed by atoms with Crippen molar-refractivity contribution in [1.29, 1.82) is 0 Å². The Labute approximate surface area is 160 Å². The molecular formula is C21H15FNO5-. The van der Waals surface area contributed by atoms with E-state index in [9.17, 15) is 23.9 Å². The molecule has 1 amide bonds. The number of carbonyl (C=O) groups is 3. The summed E-state index contributed by atoms with van der Waals surface area (Å²) < 4.78 is 19.0. The van der Waals surface area contributed by atoms with E-state index in [1.54, 1.807) is 6.07 Å². The Hall–Kier alpha value is -3.74. The summed E-state index contributed by atoms with van der Waals surface area (Å²) in [7, 11) is 1.19. The quantitative estimate of drug-likeness (QED) is 0.599. The zero-order valence-corrected chi connectivity index (χ0v) is 15.1. The van der Waals surface area contributed by atoms with E-state index in [1.807, 2.05) is 0 Å². The number of para-hydroxylation sites is 1. The molecule has 0 fully saturated rings. The lowest BCUT2D eigenvalue weighted by molar-refractivity contribution is -0.255. The van der Waals surface area contributed by atoms with Gasteiger partial charge in [0.15, 0.2) is 0 Å². The third-order valence-corrected chi connectivity index (χ3v) is 4.34. The van der Waals surface area contributed by atoms with Crippen LogP contribution in [0.15, 0.2) is 65.4 Å². The molecule has 0 saturated carbocycles. The molecule has 0 radical (unpaired) electrons. The first kappa shape index (κ1) is 19.0. The highest BCUT2D eigenvalue weighted by Crippen LogP contribution is 2.36. The van der Waals surface area contributed by atoms with Crippen molar-refractivity contribution in [1.82, 2.24) is 0 Å². The number of carboxylic acids is 1. The van der Waals surface area contributed by atoms with Crippen LogP contribution in [0.2, 0.25) is 0 Å². The summed E-state index contributed by atoms with van der Waals surface area (Å²) in [6.45, 7) is 1.52. The molecule has 0 saturated heterocycles. The van der Waals surface area contributed by atoms with Crippen molar-refractivity contribution in [3.63, 3.8) is 0 Å². The van der Waals surface area contributed by atoms with Crippen LogP contribution in [0.1, 0.15) is 22.8 Å². The lowest BCUT2D eigenvalue weighted by atomic mass is 10.0. The number of aromatic carboxylic acids is 1. The van der Waals surface area contributed by atoms with Crippen molar-refractivity contribution >= 4 is 29.6 Å². The van der Waals surface area contributed by atoms with Crippen LogP contribution in [0.4, 0.5) is 10.1 Å². The van der Waals surface area contributed by atoms with Gasteiger partial charge in [-0.15, -0.1) is 0 Å². The van der Waals surface area contributed by atoms with Crippen LogP contribution in [0, 0.1) is 5.82 Å². The number of amides is 1. The molecule has 0 bridgehead atoms. The molecule has 1 aliphatic rings. The Bertz CT molecular complexity index is 1040. The Morgan fingerprint density at radius 2 is 1.75 bits per heavy atom. The Kier molecular flexibility index (Phi) is 5.08. The highest BCUT2D eigenvalue weighted by Gasteiger charge is 2.38. The predicted octanol–water partition coefficient (Wildman–Crippen LogP) is 2.07. The number of halogens is 1. The number of carboxylic acid groups (broad SMARTS) is 1. The largest absolute Gasteiger partial charge is 0.545 e. The second-order valence-corrected chi connectivity index (χ2v) is 6.01. The number of anilines is 1. The number of rotatable bonds is 4. The Balaban J connectivity index is 2.12. The maximum absolute atomic E-state index is 14.3. The van der Waals surface area contributed by atoms with Gasteiger partial charge in [0, 0.05) is 5.70 Å². The molecular weight excluding hydrogens is 365 g/mol. The summed E-state index contributed by atoms with van der Waals surface area (Å²) in [5, 5.41) is 10.9. The van der Waals surface area contributed by atoms with Gasteiger partial charge in [-0.3, -0.25) is 9.69 Å². The van der Waals surface area contributed by atoms with Crippen molar-refractivity contribution in [2.45, 2.75) is 6.92 Å². The predicted molar refractivity (Wildman–Crippen MR) is 97.4 cm³/mol. The van der Waals surface area contributed by atoms with Gasteiger partial charge in [0.25, 0.3) is 5.91 Å². The molecule has 7 heteroatoms. The summed E-state index contributed by atoms with van der Waals surface area (Å²) in [5.74, 6) is -3.26. The van der Waals surface area contributed by atoms with Gasteiger partial charge in [0.05, 0.1) is 29.9 Å². The maximum atomic E-state index is 14.3. The Morgan fingerprint density at radius 1 is 1.11 bits per heavy atom. The molecule has 0 aliphatic carbocycles. The lowest BCUT2D eigenvalue weighted by Gasteiger charge is -2.18. The average molecular weight is 380 g/mol. The summed E-state index contributed by atoms with van der Waals surface area (Å²) in [5.41, 5.74) is 0.751. The third kappa shape index (κ3) is 3.29. The van der Waals surface area contributed by atoms with Crippen molar-refractivity contribution in [2.75, 3.05) is 12.0 Å². The SMILES string of the molecule is COC(=O)C1=C(C)N(c2ccccc2F)C(=O)/C1=C\c1ccc(C(=O)[O-])cc1. The molecule has 1 heterocycles. The minimum absolute atomic E-state index is 0.0136. The van der Waals surface area contributed by atoms with Gasteiger partial charge < -0.3 is 14.6 Å². The molecule has 0 spiro atoms. The van der Waals surface area contributed by atoms with E-state index in [2.05, 4.69) is 0 Å². The standard InChI is InChI=1S/C21H16FNO5/c1-12-18(21(27)28-2)15(11-13-7-9-14(10-8-13)20(25)26)19(24)23(12)17-6-4-3-5-16(17)22/h3-11H,1-2H3,(H,25,26)/p-1/b15-11-. The first-order valence-electron chi connectivity index (χ1n) is 8.26. The second kappa shape index (κ2) is 7.48. The number of carbonyl (C=O) groups excluding carboxylic acids is 3. The number of benzene rings is 2. The normalized spacial score (nSPS) is 15.3. The molecule has 0 N–H and O–H groups in total. The number of methoxy groups -OCH3 is 1. The van der Waals surface area contributed by atoms with Crippen molar-refractivity contribution < 1.29 is 28.6 Å². The van der Waals surface area contributed by atoms with Gasteiger partial charge >= 0.3 is 5.97 Å². The van der Waals surface area contributed by atoms with E-state index in [0.29, 0.717) is 5.56 Å². The first-order chi connectivity index (χ1) is 13.3. The Morgan fingerprint density at radius 3 is 2.32 bits per heavy atom. The number of allylic oxidation sites excluding steroid dienone is 1. The first-order valence-corrected chi connectivity index (χ1v) is 8.26. The fourth-order valence-electron chi connectivity index (χ4n) is 2.99. The van der Waals surface area contributed by atoms with Crippen LogP contribution < -0.4 is 10.0 Å². The van der Waals surface area contributed by atoms with Gasteiger partial charge in [-0.1, -0.05) is 36.4 Å². The van der Waals surface area contributed by atoms with E-state index < -0.39 is 23.7 Å². The van der Waals surface area contributed by atoms with E-state index in [-0.39, 0.29) is 28.1 Å². The summed E-state index contributed by atoms with van der Waals surface area (Å²) in [6, 6.07) is 11.3. The van der Waals surface area contributed by atoms with Crippen LogP contribution in [0.3, 0.4) is 0 Å². The zero-order chi connectivity index (χ0) is 20.4. The number of hydrogen-bond donors (Lipinski definition) is 0. The number of hydrogen-bond acceptors (Lipinski definition) is 5. The third-order valence-electron chi connectivity index (χ3n) is 4.34. The smallest absolute Gasteiger partial charge is 0.340 e. The molecule has 0 atom stereocenters. The molecule has 0 aromatic heterocycles. The van der Waals surface area contributed by atoms with Crippen molar-refractivity contribution in [2.24, 2.45) is 0 Å². The van der Waals surface area contributed by atoms with E-state index in [0.717, 1.165) is 4.90 Å². The highest BCUT2D eigenvalue weighted by atomic mass is 19.1. The van der Waals surface area contributed by atoms with Gasteiger partial charge in [0.1, 0.15) is 5.82 Å². The zero-order valence-electron chi connectivity index (χ0n) is 15.1. The summed E-state index contributed by atoms with van der Waals surface area (Å²) in [4.78, 5) is 37.3. The van der Waals surface area contributed by atoms with Crippen LogP contribution >= 0.6 is 0 Å². The van der Waals surface area contributed by atoms with Crippen LogP contribution in [0.25, 0.3) is 6.08 Å². The molecule has 142 valence electrons. The number of ether oxygens (including phenoxy) is 1. The van der Waals surface area contributed by atoms with Crippen LogP contribution in [0.5, 0.6) is 0 Å². The molecule has 0 unspecified atom stereocenters. The topological polar surface area (TPSA) is 86.7 Å². The second-order valence-electron chi connectivity index (χ2n) is 6.01.